The molecule has 0 aliphatic carbocycles. The van der Waals surface area contributed by atoms with Crippen molar-refractivity contribution in [3.8, 4) is 0 Å². The van der Waals surface area contributed by atoms with Crippen molar-refractivity contribution >= 4 is 15.9 Å². The number of carbonyl (C=O) groups excluding carboxylic acids is 1. The molecule has 2 fully saturated rings. The van der Waals surface area contributed by atoms with E-state index in [4.69, 9.17) is 0 Å². The van der Waals surface area contributed by atoms with Crippen LogP contribution in [0.1, 0.15) is 32.8 Å². The minimum absolute atomic E-state index is 0.123. The largest absolute Gasteiger partial charge is 0.337 e. The molecule has 0 unspecified atom stereocenters. The number of piperazine rings is 1. The molecule has 2 aliphatic rings. The van der Waals surface area contributed by atoms with Gasteiger partial charge in [0.15, 0.2) is 6.04 Å². The molecular formula is C21H34N3O3S+. The zero-order valence-corrected chi connectivity index (χ0v) is 18.3. The Morgan fingerprint density at radius 3 is 2.14 bits per heavy atom. The van der Waals surface area contributed by atoms with Gasteiger partial charge in [0.2, 0.25) is 10.0 Å². The Bertz CT molecular complexity index is 776. The predicted octanol–water partition coefficient (Wildman–Crippen LogP) is 0.777. The highest BCUT2D eigenvalue weighted by molar-refractivity contribution is 7.89. The number of rotatable bonds is 4. The van der Waals surface area contributed by atoms with E-state index in [9.17, 15) is 13.2 Å². The van der Waals surface area contributed by atoms with Gasteiger partial charge in [0, 0.05) is 13.1 Å². The Morgan fingerprint density at radius 1 is 1.07 bits per heavy atom. The molecule has 2 saturated heterocycles. The van der Waals surface area contributed by atoms with Gasteiger partial charge in [-0.3, -0.25) is 4.79 Å². The lowest BCUT2D eigenvalue weighted by molar-refractivity contribution is -0.918. The van der Waals surface area contributed by atoms with E-state index in [2.05, 4.69) is 13.8 Å². The van der Waals surface area contributed by atoms with E-state index < -0.39 is 10.0 Å². The normalized spacial score (nSPS) is 26.2. The summed E-state index contributed by atoms with van der Waals surface area (Å²) in [6.07, 6.45) is 1.18. The lowest BCUT2D eigenvalue weighted by Crippen LogP contribution is -3.19. The quantitative estimate of drug-likeness (QED) is 0.801. The van der Waals surface area contributed by atoms with Crippen LogP contribution in [-0.2, 0) is 14.8 Å². The van der Waals surface area contributed by atoms with Crippen LogP contribution in [0.5, 0.6) is 0 Å². The average Bonchev–Trinajstić information content (AvgIpc) is 2.66. The van der Waals surface area contributed by atoms with Crippen molar-refractivity contribution in [3.63, 3.8) is 0 Å². The number of nitrogens with zero attached hydrogens (tertiary/aromatic N) is 2. The first-order valence-electron chi connectivity index (χ1n) is 10.4. The zero-order chi connectivity index (χ0) is 20.5. The third-order valence-electron chi connectivity index (χ3n) is 6.19. The molecule has 0 spiro atoms. The summed E-state index contributed by atoms with van der Waals surface area (Å²) >= 11 is 0. The third-order valence-corrected chi connectivity index (χ3v) is 8.10. The van der Waals surface area contributed by atoms with E-state index in [1.54, 1.807) is 16.4 Å². The first kappa shape index (κ1) is 21.3. The number of hydrogen-bond donors (Lipinski definition) is 1. The van der Waals surface area contributed by atoms with Gasteiger partial charge in [-0.2, -0.15) is 4.31 Å². The first-order valence-corrected chi connectivity index (χ1v) is 11.8. The fraction of sp³-hybridized carbons (Fsp3) is 0.667. The number of benzene rings is 1. The second-order valence-electron chi connectivity index (χ2n) is 8.79. The third kappa shape index (κ3) is 4.58. The maximum absolute atomic E-state index is 13.0. The van der Waals surface area contributed by atoms with Crippen LogP contribution >= 0.6 is 0 Å². The first-order chi connectivity index (χ1) is 13.2. The van der Waals surface area contributed by atoms with Crippen LogP contribution in [0.3, 0.4) is 0 Å². The van der Waals surface area contributed by atoms with E-state index in [0.717, 1.165) is 18.7 Å². The van der Waals surface area contributed by atoms with E-state index in [1.165, 1.54) is 11.3 Å². The van der Waals surface area contributed by atoms with Crippen molar-refractivity contribution in [1.29, 1.82) is 0 Å². The minimum atomic E-state index is -3.46. The Balaban J connectivity index is 1.60. The van der Waals surface area contributed by atoms with Crippen LogP contribution in [0, 0.1) is 18.8 Å². The highest BCUT2D eigenvalue weighted by Gasteiger charge is 2.37. The monoisotopic (exact) mass is 408 g/mol. The Morgan fingerprint density at radius 2 is 1.61 bits per heavy atom. The second-order valence-corrected chi connectivity index (χ2v) is 10.7. The Kier molecular flexibility index (Phi) is 6.47. The van der Waals surface area contributed by atoms with Crippen LogP contribution in [0.4, 0.5) is 0 Å². The number of piperidine rings is 1. The van der Waals surface area contributed by atoms with Crippen molar-refractivity contribution in [2.24, 2.45) is 11.8 Å². The maximum atomic E-state index is 13.0. The van der Waals surface area contributed by atoms with E-state index in [0.29, 0.717) is 42.9 Å². The SMILES string of the molecule is Cc1ccc(S(=O)(=O)N2CC[NH+]([C@@H](C)C(=O)N3C[C@H](C)C[C@H](C)C3)CC2)cc1. The standard InChI is InChI=1S/C21H33N3O3S/c1-16-5-7-20(8-6-16)28(26,27)24-11-9-22(10-12-24)19(4)21(25)23-14-17(2)13-18(3)15-23/h5-8,17-19H,9-15H2,1-4H3/p+1/t17-,18+,19-/m0/s1. The number of likely N-dealkylation sites (tertiary alicyclic amines) is 1. The minimum Gasteiger partial charge on any atom is -0.337 e. The molecule has 156 valence electrons. The fourth-order valence-corrected chi connectivity index (χ4v) is 6.04. The van der Waals surface area contributed by atoms with Gasteiger partial charge in [0.25, 0.3) is 5.91 Å². The summed E-state index contributed by atoms with van der Waals surface area (Å²) in [7, 11) is -3.46. The van der Waals surface area contributed by atoms with Gasteiger partial charge in [-0.1, -0.05) is 31.5 Å². The van der Waals surface area contributed by atoms with Crippen LogP contribution in [-0.4, -0.2) is 68.8 Å². The molecule has 1 amide bonds. The van der Waals surface area contributed by atoms with Crippen molar-refractivity contribution in [2.75, 3.05) is 39.3 Å². The van der Waals surface area contributed by atoms with Crippen molar-refractivity contribution in [2.45, 2.75) is 45.1 Å². The molecule has 7 heteroatoms. The Hall–Kier alpha value is -1.44. The van der Waals surface area contributed by atoms with Crippen molar-refractivity contribution in [1.82, 2.24) is 9.21 Å². The van der Waals surface area contributed by atoms with Crippen molar-refractivity contribution in [3.05, 3.63) is 29.8 Å². The lowest BCUT2D eigenvalue weighted by Gasteiger charge is -2.39. The number of hydrogen-bond acceptors (Lipinski definition) is 3. The van der Waals surface area contributed by atoms with E-state index in [-0.39, 0.29) is 11.9 Å². The summed E-state index contributed by atoms with van der Waals surface area (Å²) in [6.45, 7) is 12.3. The number of quaternary nitrogens is 1. The molecule has 1 aromatic rings. The molecule has 2 aliphatic heterocycles. The molecule has 0 radical (unpaired) electrons. The number of amides is 1. The molecule has 3 atom stereocenters. The molecule has 0 aromatic heterocycles. The molecule has 0 saturated carbocycles. The molecule has 0 bridgehead atoms. The summed E-state index contributed by atoms with van der Waals surface area (Å²) < 4.78 is 27.3. The number of carbonyl (C=O) groups is 1. The highest BCUT2D eigenvalue weighted by Crippen LogP contribution is 2.21. The van der Waals surface area contributed by atoms with E-state index >= 15 is 0 Å². The predicted molar refractivity (Wildman–Crippen MR) is 110 cm³/mol. The number of sulfonamides is 1. The van der Waals surface area contributed by atoms with Gasteiger partial charge in [0.05, 0.1) is 31.1 Å². The summed E-state index contributed by atoms with van der Waals surface area (Å²) in [5.74, 6) is 1.31. The highest BCUT2D eigenvalue weighted by atomic mass is 32.2. The zero-order valence-electron chi connectivity index (χ0n) is 17.5. The van der Waals surface area contributed by atoms with Crippen LogP contribution in [0.2, 0.25) is 0 Å². The smallest absolute Gasteiger partial charge is 0.280 e. The Labute approximate surface area is 169 Å². The second kappa shape index (κ2) is 8.51. The lowest BCUT2D eigenvalue weighted by atomic mass is 9.91. The van der Waals surface area contributed by atoms with Gasteiger partial charge in [0.1, 0.15) is 0 Å². The van der Waals surface area contributed by atoms with Gasteiger partial charge in [-0.15, -0.1) is 0 Å². The van der Waals surface area contributed by atoms with Gasteiger partial charge in [-0.25, -0.2) is 8.42 Å². The molecule has 3 rings (SSSR count). The van der Waals surface area contributed by atoms with Gasteiger partial charge < -0.3 is 9.80 Å². The number of aryl methyl sites for hydroxylation is 1. The summed E-state index contributed by atoms with van der Waals surface area (Å²) in [5, 5.41) is 0. The molecule has 6 nitrogen and oxygen atoms in total. The summed E-state index contributed by atoms with van der Waals surface area (Å²) in [5.41, 5.74) is 1.04. The fourth-order valence-electron chi connectivity index (χ4n) is 4.60. The molecular weight excluding hydrogens is 374 g/mol. The molecule has 2 heterocycles. The average molecular weight is 409 g/mol. The molecule has 1 N–H and O–H groups in total. The van der Waals surface area contributed by atoms with Gasteiger partial charge >= 0.3 is 0 Å². The van der Waals surface area contributed by atoms with Crippen LogP contribution in [0.25, 0.3) is 0 Å². The maximum Gasteiger partial charge on any atom is 0.280 e. The van der Waals surface area contributed by atoms with Crippen LogP contribution in [0.15, 0.2) is 29.2 Å². The molecule has 1 aromatic carbocycles. The van der Waals surface area contributed by atoms with Gasteiger partial charge in [-0.05, 0) is 44.2 Å². The summed E-state index contributed by atoms with van der Waals surface area (Å²) in [4.78, 5) is 16.5. The topological polar surface area (TPSA) is 62.1 Å². The molecule has 28 heavy (non-hydrogen) atoms. The number of nitrogens with one attached hydrogen (secondary N) is 1. The van der Waals surface area contributed by atoms with Crippen LogP contribution < -0.4 is 4.90 Å². The van der Waals surface area contributed by atoms with E-state index in [1.807, 2.05) is 30.9 Å². The van der Waals surface area contributed by atoms with Crippen molar-refractivity contribution < 1.29 is 18.1 Å². The summed E-state index contributed by atoms with van der Waals surface area (Å²) in [6, 6.07) is 6.89.